The van der Waals surface area contributed by atoms with Crippen molar-refractivity contribution in [3.63, 3.8) is 0 Å². The number of benzene rings is 4. The van der Waals surface area contributed by atoms with Crippen LogP contribution in [0.25, 0.3) is 10.8 Å². The van der Waals surface area contributed by atoms with Crippen LogP contribution in [0.1, 0.15) is 39.6 Å². The zero-order valence-electron chi connectivity index (χ0n) is 27.3. The van der Waals surface area contributed by atoms with Crippen LogP contribution in [0.15, 0.2) is 97.2 Å². The average molecular weight is 661 g/mol. The number of amides is 3. The predicted molar refractivity (Wildman–Crippen MR) is 186 cm³/mol. The van der Waals surface area contributed by atoms with E-state index in [1.54, 1.807) is 23.1 Å². The van der Waals surface area contributed by atoms with E-state index in [0.717, 1.165) is 16.3 Å². The van der Waals surface area contributed by atoms with Gasteiger partial charge in [-0.1, -0.05) is 54.6 Å². The van der Waals surface area contributed by atoms with E-state index in [1.807, 2.05) is 73.7 Å². The monoisotopic (exact) mass is 660 g/mol. The van der Waals surface area contributed by atoms with Crippen molar-refractivity contribution in [3.05, 3.63) is 120 Å². The maximum Gasteiger partial charge on any atom is 0.337 e. The number of rotatable bonds is 10. The van der Waals surface area contributed by atoms with Crippen LogP contribution >= 0.6 is 0 Å². The number of carbonyl (C=O) groups excluding carboxylic acids is 2. The number of pyridine rings is 1. The van der Waals surface area contributed by atoms with Gasteiger partial charge in [-0.3, -0.25) is 9.78 Å². The Morgan fingerprint density at radius 3 is 2.35 bits per heavy atom. The van der Waals surface area contributed by atoms with Gasteiger partial charge in [0.05, 0.1) is 44.5 Å². The SMILES string of the molecule is COc1cc(CC(=O)N2C[C@@H](Oc3ccc4ccccc4c3)C[C@H]2c2ncc(C(=O)O)cc2OC)ccc1NC(=O)Nc1ccccc1C. The molecule has 0 saturated carbocycles. The van der Waals surface area contributed by atoms with Gasteiger partial charge in [-0.2, -0.15) is 0 Å². The summed E-state index contributed by atoms with van der Waals surface area (Å²) in [5.74, 6) is 0.0234. The summed E-state index contributed by atoms with van der Waals surface area (Å²) < 4.78 is 17.5. The smallest absolute Gasteiger partial charge is 0.337 e. The Bertz CT molecular complexity index is 2030. The fraction of sp³-hybridized carbons (Fsp3) is 0.211. The van der Waals surface area contributed by atoms with Gasteiger partial charge in [0.1, 0.15) is 29.0 Å². The number of methoxy groups -OCH3 is 2. The summed E-state index contributed by atoms with van der Waals surface area (Å²) in [6, 6.07) is 26.9. The van der Waals surface area contributed by atoms with Gasteiger partial charge in [0.2, 0.25) is 5.91 Å². The molecule has 2 atom stereocenters. The van der Waals surface area contributed by atoms with Crippen molar-refractivity contribution < 1.29 is 33.7 Å². The van der Waals surface area contributed by atoms with Crippen LogP contribution in [-0.4, -0.2) is 59.8 Å². The molecule has 1 aromatic heterocycles. The molecule has 3 amide bonds. The zero-order chi connectivity index (χ0) is 34.5. The molecule has 0 unspecified atom stereocenters. The van der Waals surface area contributed by atoms with E-state index in [1.165, 1.54) is 26.5 Å². The van der Waals surface area contributed by atoms with Crippen LogP contribution in [0, 0.1) is 6.92 Å². The fourth-order valence-electron chi connectivity index (χ4n) is 6.05. The number of carboxylic acid groups (broad SMARTS) is 1. The molecule has 49 heavy (non-hydrogen) atoms. The summed E-state index contributed by atoms with van der Waals surface area (Å²) >= 11 is 0. The third kappa shape index (κ3) is 7.41. The molecule has 0 aliphatic carbocycles. The highest BCUT2D eigenvalue weighted by molar-refractivity contribution is 6.01. The molecule has 1 aliphatic heterocycles. The first-order chi connectivity index (χ1) is 23.7. The molecule has 1 fully saturated rings. The number of nitrogens with zero attached hydrogens (tertiary/aromatic N) is 2. The van der Waals surface area contributed by atoms with E-state index in [2.05, 4.69) is 15.6 Å². The summed E-state index contributed by atoms with van der Waals surface area (Å²) in [4.78, 5) is 44.6. The number of likely N-dealkylation sites (tertiary alicyclic amines) is 1. The van der Waals surface area contributed by atoms with Crippen LogP contribution < -0.4 is 24.8 Å². The van der Waals surface area contributed by atoms with E-state index in [9.17, 15) is 19.5 Å². The summed E-state index contributed by atoms with van der Waals surface area (Å²) in [6.45, 7) is 2.18. The number of hydrogen-bond donors (Lipinski definition) is 3. The lowest BCUT2D eigenvalue weighted by atomic mass is 10.1. The van der Waals surface area contributed by atoms with Crippen molar-refractivity contribution in [2.45, 2.75) is 31.9 Å². The number of nitrogens with one attached hydrogen (secondary N) is 2. The third-order valence-electron chi connectivity index (χ3n) is 8.53. The number of para-hydroxylation sites is 1. The fourth-order valence-corrected chi connectivity index (χ4v) is 6.05. The highest BCUT2D eigenvalue weighted by atomic mass is 16.5. The van der Waals surface area contributed by atoms with Gasteiger partial charge in [-0.25, -0.2) is 9.59 Å². The van der Waals surface area contributed by atoms with Crippen molar-refractivity contribution in [1.29, 1.82) is 0 Å². The Hall–Kier alpha value is -6.10. The van der Waals surface area contributed by atoms with E-state index in [4.69, 9.17) is 14.2 Å². The molecule has 3 N–H and O–H groups in total. The molecular formula is C38H36N4O7. The Balaban J connectivity index is 1.23. The largest absolute Gasteiger partial charge is 0.495 e. The quantitative estimate of drug-likeness (QED) is 0.148. The summed E-state index contributed by atoms with van der Waals surface area (Å²) in [6.07, 6.45) is 1.34. The summed E-state index contributed by atoms with van der Waals surface area (Å²) in [7, 11) is 2.94. The van der Waals surface area contributed by atoms with E-state index < -0.39 is 18.0 Å². The number of aromatic carboxylic acids is 1. The Morgan fingerprint density at radius 1 is 0.857 bits per heavy atom. The molecule has 1 aliphatic rings. The predicted octanol–water partition coefficient (Wildman–Crippen LogP) is 6.87. The van der Waals surface area contributed by atoms with Gasteiger partial charge < -0.3 is 34.9 Å². The topological polar surface area (TPSA) is 139 Å². The van der Waals surface area contributed by atoms with Crippen molar-refractivity contribution in [1.82, 2.24) is 9.88 Å². The summed E-state index contributed by atoms with van der Waals surface area (Å²) in [5, 5.41) is 17.3. The van der Waals surface area contributed by atoms with Crippen molar-refractivity contribution in [2.24, 2.45) is 0 Å². The first-order valence-electron chi connectivity index (χ1n) is 15.7. The Labute approximate surface area is 283 Å². The van der Waals surface area contributed by atoms with Crippen LogP contribution in [0.4, 0.5) is 16.2 Å². The highest BCUT2D eigenvalue weighted by Crippen LogP contribution is 2.39. The number of hydrogen-bond acceptors (Lipinski definition) is 7. The number of aryl methyl sites for hydroxylation is 1. The lowest BCUT2D eigenvalue weighted by Crippen LogP contribution is -2.34. The maximum atomic E-state index is 14.0. The summed E-state index contributed by atoms with van der Waals surface area (Å²) in [5.41, 5.74) is 3.16. The van der Waals surface area contributed by atoms with E-state index >= 15 is 0 Å². The zero-order valence-corrected chi connectivity index (χ0v) is 27.3. The van der Waals surface area contributed by atoms with Crippen LogP contribution in [0.2, 0.25) is 0 Å². The molecule has 5 aromatic rings. The molecule has 11 nitrogen and oxygen atoms in total. The highest BCUT2D eigenvalue weighted by Gasteiger charge is 2.40. The van der Waals surface area contributed by atoms with Crippen molar-refractivity contribution in [3.8, 4) is 17.2 Å². The number of aromatic nitrogens is 1. The molecule has 2 heterocycles. The number of anilines is 2. The first kappa shape index (κ1) is 32.8. The third-order valence-corrected chi connectivity index (χ3v) is 8.53. The van der Waals surface area contributed by atoms with Gasteiger partial charge in [0.25, 0.3) is 0 Å². The molecule has 4 aromatic carbocycles. The minimum atomic E-state index is -1.13. The maximum absolute atomic E-state index is 14.0. The molecule has 6 rings (SSSR count). The normalized spacial score (nSPS) is 15.4. The molecular weight excluding hydrogens is 624 g/mol. The minimum Gasteiger partial charge on any atom is -0.495 e. The molecule has 1 saturated heterocycles. The van der Waals surface area contributed by atoms with Crippen LogP contribution in [-0.2, 0) is 11.2 Å². The number of urea groups is 1. The van der Waals surface area contributed by atoms with E-state index in [-0.39, 0.29) is 36.3 Å². The second kappa shape index (κ2) is 14.3. The number of carboxylic acids is 1. The van der Waals surface area contributed by atoms with Crippen LogP contribution in [0.5, 0.6) is 17.2 Å². The minimum absolute atomic E-state index is 0.0196. The Kier molecular flexibility index (Phi) is 9.61. The molecule has 250 valence electrons. The van der Waals surface area contributed by atoms with Gasteiger partial charge in [0.15, 0.2) is 0 Å². The number of carbonyl (C=O) groups is 3. The molecule has 11 heteroatoms. The van der Waals surface area contributed by atoms with Crippen molar-refractivity contribution in [2.75, 3.05) is 31.4 Å². The van der Waals surface area contributed by atoms with Gasteiger partial charge >= 0.3 is 12.0 Å². The van der Waals surface area contributed by atoms with Gasteiger partial charge in [-0.15, -0.1) is 0 Å². The second-order valence-electron chi connectivity index (χ2n) is 11.8. The van der Waals surface area contributed by atoms with Gasteiger partial charge in [-0.05, 0) is 65.2 Å². The first-order valence-corrected chi connectivity index (χ1v) is 15.7. The molecule has 0 radical (unpaired) electrons. The molecule has 0 bridgehead atoms. The van der Waals surface area contributed by atoms with Gasteiger partial charge in [0, 0.05) is 18.3 Å². The number of fused-ring (bicyclic) bond motifs is 1. The van der Waals surface area contributed by atoms with Crippen LogP contribution in [0.3, 0.4) is 0 Å². The van der Waals surface area contributed by atoms with E-state index in [0.29, 0.717) is 40.6 Å². The lowest BCUT2D eigenvalue weighted by Gasteiger charge is -2.25. The second-order valence-corrected chi connectivity index (χ2v) is 11.8. The van der Waals surface area contributed by atoms with Crippen molar-refractivity contribution >= 4 is 40.1 Å². The number of ether oxygens (including phenoxy) is 3. The standard InChI is InChI=1S/C38H36N4O7/c1-23-8-4-7-11-30(23)40-38(46)41-31-15-12-24(16-33(31)47-2)17-35(43)42-22-29(49-28-14-13-25-9-5-6-10-26(25)18-28)20-32(42)36-34(48-3)19-27(21-39-36)37(44)45/h4-16,18-19,21,29,32H,17,20,22H2,1-3H3,(H,44,45)(H2,40,41,46)/t29-,32-/m0/s1. The average Bonchev–Trinajstić information content (AvgIpc) is 3.53. The molecule has 0 spiro atoms. The Morgan fingerprint density at radius 2 is 1.59 bits per heavy atom. The lowest BCUT2D eigenvalue weighted by molar-refractivity contribution is -0.131.